The highest BCUT2D eigenvalue weighted by molar-refractivity contribution is 5.93. The normalized spacial score (nSPS) is 11.8. The molecule has 1 aromatic rings. The quantitative estimate of drug-likeness (QED) is 0.779. The topological polar surface area (TPSA) is 98.5 Å². The Bertz CT molecular complexity index is 540. The average molecular weight is 292 g/mol. The summed E-state index contributed by atoms with van der Waals surface area (Å²) >= 11 is 0. The molecule has 114 valence electrons. The van der Waals surface area contributed by atoms with Gasteiger partial charge >= 0.3 is 0 Å². The van der Waals surface area contributed by atoms with Gasteiger partial charge in [0.05, 0.1) is 6.04 Å². The minimum Gasteiger partial charge on any atom is -0.484 e. The number of rotatable bonds is 7. The van der Waals surface area contributed by atoms with Crippen LogP contribution in [0.5, 0.6) is 5.75 Å². The minimum atomic E-state index is -0.568. The zero-order chi connectivity index (χ0) is 16.0. The number of benzene rings is 1. The molecule has 0 aliphatic heterocycles. The maximum atomic E-state index is 11.8. The van der Waals surface area contributed by atoms with Crippen LogP contribution in [-0.4, -0.2) is 30.2 Å². The fourth-order valence-corrected chi connectivity index (χ4v) is 1.84. The first-order valence-corrected chi connectivity index (χ1v) is 6.63. The van der Waals surface area contributed by atoms with Gasteiger partial charge < -0.3 is 15.8 Å². The SMILES string of the molecule is CC(=O)C(NC(=O)COc1cccc(C(N)=O)c1)C(C)C. The molecule has 0 radical (unpaired) electrons. The molecule has 0 saturated heterocycles. The van der Waals surface area contributed by atoms with Crippen molar-refractivity contribution in [3.8, 4) is 5.75 Å². The highest BCUT2D eigenvalue weighted by Crippen LogP contribution is 2.12. The van der Waals surface area contributed by atoms with E-state index in [4.69, 9.17) is 10.5 Å². The summed E-state index contributed by atoms with van der Waals surface area (Å²) in [6.07, 6.45) is 0. The van der Waals surface area contributed by atoms with Crippen molar-refractivity contribution in [2.75, 3.05) is 6.61 Å². The van der Waals surface area contributed by atoms with Crippen LogP contribution in [0.15, 0.2) is 24.3 Å². The Morgan fingerprint density at radius 2 is 1.95 bits per heavy atom. The number of ketones is 1. The highest BCUT2D eigenvalue weighted by Gasteiger charge is 2.20. The van der Waals surface area contributed by atoms with Gasteiger partial charge in [-0.05, 0) is 31.0 Å². The number of carbonyl (C=O) groups excluding carboxylic acids is 3. The summed E-state index contributed by atoms with van der Waals surface area (Å²) in [6, 6.07) is 5.71. The molecule has 1 rings (SSSR count). The standard InChI is InChI=1S/C15H20N2O4/c1-9(2)14(10(3)18)17-13(19)8-21-12-6-4-5-11(7-12)15(16)20/h4-7,9,14H,8H2,1-3H3,(H2,16,20)(H,17,19). The Balaban J connectivity index is 2.58. The zero-order valence-electron chi connectivity index (χ0n) is 12.4. The lowest BCUT2D eigenvalue weighted by Gasteiger charge is -2.19. The largest absolute Gasteiger partial charge is 0.484 e. The van der Waals surface area contributed by atoms with Crippen LogP contribution in [0.25, 0.3) is 0 Å². The Labute approximate surface area is 123 Å². The smallest absolute Gasteiger partial charge is 0.258 e. The van der Waals surface area contributed by atoms with E-state index in [9.17, 15) is 14.4 Å². The molecule has 0 heterocycles. The molecule has 21 heavy (non-hydrogen) atoms. The lowest BCUT2D eigenvalue weighted by molar-refractivity contribution is -0.129. The van der Waals surface area contributed by atoms with Crippen LogP contribution in [0, 0.1) is 5.92 Å². The summed E-state index contributed by atoms with van der Waals surface area (Å²) < 4.78 is 5.29. The van der Waals surface area contributed by atoms with Crippen molar-refractivity contribution >= 4 is 17.6 Å². The third kappa shape index (κ3) is 5.25. The van der Waals surface area contributed by atoms with Gasteiger partial charge in [-0.15, -0.1) is 0 Å². The van der Waals surface area contributed by atoms with Crippen LogP contribution in [0.2, 0.25) is 0 Å². The molecular formula is C15H20N2O4. The van der Waals surface area contributed by atoms with E-state index < -0.39 is 17.9 Å². The van der Waals surface area contributed by atoms with Crippen molar-refractivity contribution in [3.63, 3.8) is 0 Å². The maximum absolute atomic E-state index is 11.8. The zero-order valence-corrected chi connectivity index (χ0v) is 12.4. The van der Waals surface area contributed by atoms with Crippen molar-refractivity contribution in [1.82, 2.24) is 5.32 Å². The van der Waals surface area contributed by atoms with E-state index in [1.54, 1.807) is 18.2 Å². The molecule has 0 aliphatic rings. The second-order valence-corrected chi connectivity index (χ2v) is 5.08. The monoisotopic (exact) mass is 292 g/mol. The molecular weight excluding hydrogens is 272 g/mol. The van der Waals surface area contributed by atoms with Crippen molar-refractivity contribution in [3.05, 3.63) is 29.8 Å². The highest BCUT2D eigenvalue weighted by atomic mass is 16.5. The molecule has 1 atom stereocenters. The fourth-order valence-electron chi connectivity index (χ4n) is 1.84. The van der Waals surface area contributed by atoms with Crippen LogP contribution in [-0.2, 0) is 9.59 Å². The summed E-state index contributed by atoms with van der Waals surface area (Å²) in [7, 11) is 0. The van der Waals surface area contributed by atoms with Crippen molar-refractivity contribution < 1.29 is 19.1 Å². The summed E-state index contributed by atoms with van der Waals surface area (Å²) in [5, 5.41) is 2.62. The lowest BCUT2D eigenvalue weighted by atomic mass is 10.0. The minimum absolute atomic E-state index is 0.00430. The van der Waals surface area contributed by atoms with Gasteiger partial charge in [-0.25, -0.2) is 0 Å². The second-order valence-electron chi connectivity index (χ2n) is 5.08. The molecule has 0 bridgehead atoms. The molecule has 0 spiro atoms. The summed E-state index contributed by atoms with van der Waals surface area (Å²) in [4.78, 5) is 34.2. The number of hydrogen-bond acceptors (Lipinski definition) is 4. The van der Waals surface area contributed by atoms with Crippen molar-refractivity contribution in [2.24, 2.45) is 11.7 Å². The summed E-state index contributed by atoms with van der Waals surface area (Å²) in [6.45, 7) is 4.90. The van der Waals surface area contributed by atoms with E-state index in [2.05, 4.69) is 5.32 Å². The second kappa shape index (κ2) is 7.42. The van der Waals surface area contributed by atoms with E-state index in [1.165, 1.54) is 13.0 Å². The van der Waals surface area contributed by atoms with Gasteiger partial charge in [-0.3, -0.25) is 14.4 Å². The Morgan fingerprint density at radius 1 is 1.29 bits per heavy atom. The Hall–Kier alpha value is -2.37. The first kappa shape index (κ1) is 16.7. The van der Waals surface area contributed by atoms with Gasteiger partial charge in [0.15, 0.2) is 12.4 Å². The van der Waals surface area contributed by atoms with Crippen LogP contribution in [0.4, 0.5) is 0 Å². The first-order chi connectivity index (χ1) is 9.81. The van der Waals surface area contributed by atoms with Crippen LogP contribution >= 0.6 is 0 Å². The molecule has 6 nitrogen and oxygen atoms in total. The molecule has 6 heteroatoms. The number of carbonyl (C=O) groups is 3. The van der Waals surface area contributed by atoms with Gasteiger partial charge in [-0.2, -0.15) is 0 Å². The number of ether oxygens (including phenoxy) is 1. The third-order valence-corrected chi connectivity index (χ3v) is 2.91. The number of Topliss-reactive ketones (excluding diaryl/α,β-unsaturated/α-hetero) is 1. The molecule has 0 saturated carbocycles. The van der Waals surface area contributed by atoms with Crippen LogP contribution in [0.3, 0.4) is 0 Å². The van der Waals surface area contributed by atoms with E-state index in [0.717, 1.165) is 0 Å². The number of hydrogen-bond donors (Lipinski definition) is 2. The van der Waals surface area contributed by atoms with Gasteiger partial charge in [0.25, 0.3) is 5.91 Å². The predicted molar refractivity (Wildman–Crippen MR) is 77.9 cm³/mol. The van der Waals surface area contributed by atoms with E-state index in [1.807, 2.05) is 13.8 Å². The number of amides is 2. The molecule has 0 fully saturated rings. The fraction of sp³-hybridized carbons (Fsp3) is 0.400. The van der Waals surface area contributed by atoms with E-state index in [0.29, 0.717) is 11.3 Å². The lowest BCUT2D eigenvalue weighted by Crippen LogP contribution is -2.45. The molecule has 1 aromatic carbocycles. The van der Waals surface area contributed by atoms with Crippen molar-refractivity contribution in [2.45, 2.75) is 26.8 Å². The molecule has 2 amide bonds. The molecule has 0 aliphatic carbocycles. The average Bonchev–Trinajstić information content (AvgIpc) is 2.42. The summed E-state index contributed by atoms with van der Waals surface area (Å²) in [5.74, 6) is -0.696. The van der Waals surface area contributed by atoms with Crippen LogP contribution < -0.4 is 15.8 Å². The van der Waals surface area contributed by atoms with Crippen LogP contribution in [0.1, 0.15) is 31.1 Å². The molecule has 0 aromatic heterocycles. The number of nitrogens with two attached hydrogens (primary N) is 1. The summed E-state index contributed by atoms with van der Waals surface area (Å²) in [5.41, 5.74) is 5.46. The molecule has 3 N–H and O–H groups in total. The predicted octanol–water partition coefficient (Wildman–Crippen LogP) is 0.894. The number of nitrogens with one attached hydrogen (secondary N) is 1. The molecule has 1 unspecified atom stereocenters. The Kier molecular flexibility index (Phi) is 5.90. The number of primary amides is 1. The Morgan fingerprint density at radius 3 is 2.48 bits per heavy atom. The first-order valence-electron chi connectivity index (χ1n) is 6.63. The van der Waals surface area contributed by atoms with Gasteiger partial charge in [0.2, 0.25) is 5.91 Å². The van der Waals surface area contributed by atoms with Crippen molar-refractivity contribution in [1.29, 1.82) is 0 Å². The van der Waals surface area contributed by atoms with Gasteiger partial charge in [-0.1, -0.05) is 19.9 Å². The van der Waals surface area contributed by atoms with E-state index in [-0.39, 0.29) is 18.3 Å². The van der Waals surface area contributed by atoms with Gasteiger partial charge in [0.1, 0.15) is 5.75 Å². The third-order valence-electron chi connectivity index (χ3n) is 2.91. The van der Waals surface area contributed by atoms with E-state index >= 15 is 0 Å². The van der Waals surface area contributed by atoms with Gasteiger partial charge in [0, 0.05) is 5.56 Å². The maximum Gasteiger partial charge on any atom is 0.258 e.